The summed E-state index contributed by atoms with van der Waals surface area (Å²) in [6, 6.07) is 0. The van der Waals surface area contributed by atoms with E-state index in [4.69, 9.17) is 18.5 Å². The number of rotatable bonds is 34. The Labute approximate surface area is 288 Å². The Bertz CT molecular complexity index is 830. The zero-order valence-corrected chi connectivity index (χ0v) is 31.9. The highest BCUT2D eigenvalue weighted by atomic mass is 31.2. The number of quaternary nitrogens is 1. The van der Waals surface area contributed by atoms with Crippen molar-refractivity contribution in [1.82, 2.24) is 0 Å². The van der Waals surface area contributed by atoms with Gasteiger partial charge in [-0.1, -0.05) is 129 Å². The number of ether oxygens (including phenoxy) is 2. The van der Waals surface area contributed by atoms with Crippen molar-refractivity contribution in [3.8, 4) is 0 Å². The minimum atomic E-state index is -4.36. The maximum absolute atomic E-state index is 12.6. The van der Waals surface area contributed by atoms with E-state index in [2.05, 4.69) is 26.0 Å². The molecule has 0 saturated carbocycles. The molecular formula is C37H73NO8P+. The molecular weight excluding hydrogens is 617 g/mol. The van der Waals surface area contributed by atoms with E-state index in [1.807, 2.05) is 21.1 Å². The molecule has 2 unspecified atom stereocenters. The van der Waals surface area contributed by atoms with E-state index in [0.717, 1.165) is 57.8 Å². The summed E-state index contributed by atoms with van der Waals surface area (Å²) in [4.78, 5) is 35.1. The average Bonchev–Trinajstić information content (AvgIpc) is 3.01. The molecule has 0 saturated heterocycles. The van der Waals surface area contributed by atoms with Gasteiger partial charge >= 0.3 is 19.8 Å². The van der Waals surface area contributed by atoms with E-state index in [1.165, 1.54) is 70.6 Å². The molecule has 0 aromatic carbocycles. The molecule has 1 N–H and O–H groups in total. The summed E-state index contributed by atoms with van der Waals surface area (Å²) in [6.07, 6.45) is 28.3. The first-order valence-electron chi connectivity index (χ1n) is 18.9. The van der Waals surface area contributed by atoms with Gasteiger partial charge in [0.15, 0.2) is 6.10 Å². The van der Waals surface area contributed by atoms with E-state index in [1.54, 1.807) is 0 Å². The number of likely N-dealkylation sites (N-methyl/N-ethyl adjacent to an activating group) is 1. The van der Waals surface area contributed by atoms with Crippen molar-refractivity contribution in [2.45, 2.75) is 168 Å². The van der Waals surface area contributed by atoms with Crippen LogP contribution >= 0.6 is 7.82 Å². The number of phosphoric ester groups is 1. The lowest BCUT2D eigenvalue weighted by atomic mass is 10.0. The molecule has 0 aromatic rings. The zero-order chi connectivity index (χ0) is 35.1. The fraction of sp³-hybridized carbons (Fsp3) is 0.892. The van der Waals surface area contributed by atoms with Crippen molar-refractivity contribution in [2.24, 2.45) is 0 Å². The topological polar surface area (TPSA) is 108 Å². The molecule has 0 rings (SSSR count). The molecule has 278 valence electrons. The van der Waals surface area contributed by atoms with Gasteiger partial charge in [0.2, 0.25) is 0 Å². The second-order valence-electron chi connectivity index (χ2n) is 14.0. The molecule has 0 bridgehead atoms. The van der Waals surface area contributed by atoms with E-state index in [0.29, 0.717) is 23.9 Å². The fourth-order valence-electron chi connectivity index (χ4n) is 5.02. The Morgan fingerprint density at radius 3 is 1.66 bits per heavy atom. The lowest BCUT2D eigenvalue weighted by Crippen LogP contribution is -2.37. The summed E-state index contributed by atoms with van der Waals surface area (Å²) in [5.74, 6) is -0.808. The standard InChI is InChI=1S/C37H72NO8P/c1-6-8-10-12-14-16-18-19-20-22-23-25-27-29-36(39)43-33-35(34-45-47(41,42)44-32-31-38(3,4)5)46-37(40)30-28-26-24-21-17-15-13-11-9-7-2/h11,13,35H,6-10,12,14-34H2,1-5H3/p+1/b13-11-. The Morgan fingerprint density at radius 2 is 1.13 bits per heavy atom. The Morgan fingerprint density at radius 1 is 0.638 bits per heavy atom. The number of phosphoric acid groups is 1. The molecule has 2 atom stereocenters. The molecule has 0 spiro atoms. The predicted molar refractivity (Wildman–Crippen MR) is 192 cm³/mol. The van der Waals surface area contributed by atoms with Crippen LogP contribution in [0.5, 0.6) is 0 Å². The van der Waals surface area contributed by atoms with Crippen molar-refractivity contribution in [3.05, 3.63) is 12.2 Å². The van der Waals surface area contributed by atoms with Crippen LogP contribution in [0.2, 0.25) is 0 Å². The van der Waals surface area contributed by atoms with Gasteiger partial charge in [0.25, 0.3) is 0 Å². The molecule has 0 amide bonds. The largest absolute Gasteiger partial charge is 0.472 e. The van der Waals surface area contributed by atoms with Gasteiger partial charge in [-0.05, 0) is 32.1 Å². The monoisotopic (exact) mass is 691 g/mol. The van der Waals surface area contributed by atoms with Gasteiger partial charge in [-0.25, -0.2) is 4.57 Å². The van der Waals surface area contributed by atoms with E-state index < -0.39 is 26.5 Å². The number of carbonyl (C=O) groups is 2. The van der Waals surface area contributed by atoms with Crippen LogP contribution in [0.25, 0.3) is 0 Å². The number of nitrogens with zero attached hydrogens (tertiary/aromatic N) is 1. The van der Waals surface area contributed by atoms with Gasteiger partial charge in [0, 0.05) is 12.8 Å². The summed E-state index contributed by atoms with van der Waals surface area (Å²) in [6.45, 7) is 4.34. The van der Waals surface area contributed by atoms with Crippen molar-refractivity contribution >= 4 is 19.8 Å². The molecule has 0 fully saturated rings. The van der Waals surface area contributed by atoms with E-state index in [9.17, 15) is 19.0 Å². The Balaban J connectivity index is 4.42. The SMILES string of the molecule is CCC/C=C\CCCCCCCC(=O)OC(COC(=O)CCCCCCCCCCCCCCC)COP(=O)(O)OCC[N+](C)(C)C. The summed E-state index contributed by atoms with van der Waals surface area (Å²) in [7, 11) is 1.47. The van der Waals surface area contributed by atoms with Gasteiger partial charge < -0.3 is 18.9 Å². The fourth-order valence-corrected chi connectivity index (χ4v) is 5.76. The third-order valence-corrected chi connectivity index (χ3v) is 9.01. The van der Waals surface area contributed by atoms with Crippen molar-refractivity contribution < 1.29 is 42.1 Å². The van der Waals surface area contributed by atoms with Crippen LogP contribution in [0, 0.1) is 0 Å². The molecule has 9 nitrogen and oxygen atoms in total. The van der Waals surface area contributed by atoms with Gasteiger partial charge in [0.1, 0.15) is 19.8 Å². The van der Waals surface area contributed by atoms with E-state index >= 15 is 0 Å². The number of allylic oxidation sites excluding steroid dienone is 2. The zero-order valence-electron chi connectivity index (χ0n) is 31.0. The summed E-state index contributed by atoms with van der Waals surface area (Å²) in [5, 5.41) is 0. The number of esters is 2. The summed E-state index contributed by atoms with van der Waals surface area (Å²) in [5.41, 5.74) is 0. The minimum Gasteiger partial charge on any atom is -0.462 e. The van der Waals surface area contributed by atoms with Crippen LogP contribution in [0.1, 0.15) is 162 Å². The van der Waals surface area contributed by atoms with Gasteiger partial charge in [-0.15, -0.1) is 0 Å². The predicted octanol–water partition coefficient (Wildman–Crippen LogP) is 9.85. The Hall–Kier alpha value is -1.25. The van der Waals surface area contributed by atoms with Crippen LogP contribution in [0.3, 0.4) is 0 Å². The quantitative estimate of drug-likeness (QED) is 0.0234. The number of carbonyl (C=O) groups excluding carboxylic acids is 2. The highest BCUT2D eigenvalue weighted by molar-refractivity contribution is 7.47. The highest BCUT2D eigenvalue weighted by Gasteiger charge is 2.27. The van der Waals surface area contributed by atoms with Gasteiger partial charge in [-0.2, -0.15) is 0 Å². The molecule has 0 aliphatic carbocycles. The third kappa shape index (κ3) is 34.4. The van der Waals surface area contributed by atoms with Crippen LogP contribution in [-0.4, -0.2) is 74.9 Å². The molecule has 0 heterocycles. The first-order chi connectivity index (χ1) is 22.5. The third-order valence-electron chi connectivity index (χ3n) is 8.03. The van der Waals surface area contributed by atoms with Gasteiger partial charge in [-0.3, -0.25) is 18.6 Å². The van der Waals surface area contributed by atoms with Crippen LogP contribution in [-0.2, 0) is 32.7 Å². The first kappa shape index (κ1) is 45.8. The summed E-state index contributed by atoms with van der Waals surface area (Å²) >= 11 is 0. The number of hydrogen-bond donors (Lipinski definition) is 1. The molecule has 0 aliphatic rings. The first-order valence-corrected chi connectivity index (χ1v) is 20.4. The maximum atomic E-state index is 12.6. The lowest BCUT2D eigenvalue weighted by Gasteiger charge is -2.24. The minimum absolute atomic E-state index is 0.0326. The normalized spacial score (nSPS) is 13.9. The summed E-state index contributed by atoms with van der Waals surface area (Å²) < 4.78 is 34.1. The lowest BCUT2D eigenvalue weighted by molar-refractivity contribution is -0.870. The number of unbranched alkanes of at least 4 members (excludes halogenated alkanes) is 18. The Kier molecular flexibility index (Phi) is 30.0. The van der Waals surface area contributed by atoms with Crippen LogP contribution < -0.4 is 0 Å². The molecule has 47 heavy (non-hydrogen) atoms. The van der Waals surface area contributed by atoms with Crippen molar-refractivity contribution in [2.75, 3.05) is 47.5 Å². The molecule has 10 heteroatoms. The number of hydrogen-bond acceptors (Lipinski definition) is 7. The van der Waals surface area contributed by atoms with Crippen molar-refractivity contribution in [3.63, 3.8) is 0 Å². The van der Waals surface area contributed by atoms with E-state index in [-0.39, 0.29) is 25.6 Å². The molecule has 0 aliphatic heterocycles. The smallest absolute Gasteiger partial charge is 0.462 e. The molecule has 0 radical (unpaired) electrons. The highest BCUT2D eigenvalue weighted by Crippen LogP contribution is 2.43. The maximum Gasteiger partial charge on any atom is 0.472 e. The molecule has 0 aromatic heterocycles. The van der Waals surface area contributed by atoms with Gasteiger partial charge in [0.05, 0.1) is 27.7 Å². The van der Waals surface area contributed by atoms with Crippen LogP contribution in [0.15, 0.2) is 12.2 Å². The van der Waals surface area contributed by atoms with Crippen molar-refractivity contribution in [1.29, 1.82) is 0 Å². The second-order valence-corrected chi connectivity index (χ2v) is 15.4. The second kappa shape index (κ2) is 30.8. The van der Waals surface area contributed by atoms with Crippen LogP contribution in [0.4, 0.5) is 0 Å². The average molecular weight is 691 g/mol.